The van der Waals surface area contributed by atoms with E-state index in [1.807, 2.05) is 30.3 Å². The van der Waals surface area contributed by atoms with Gasteiger partial charge < -0.3 is 13.9 Å². The predicted molar refractivity (Wildman–Crippen MR) is 105 cm³/mol. The molecular formula is C21H21N3O5. The molecule has 0 aliphatic rings. The molecule has 0 saturated carbocycles. The number of carbonyl (C=O) groups excluding carboxylic acids is 2. The molecule has 0 unspecified atom stereocenters. The number of benzene rings is 2. The Balaban J connectivity index is 1.53. The number of aromatic nitrogens is 2. The first-order chi connectivity index (χ1) is 13.8. The van der Waals surface area contributed by atoms with Crippen LogP contribution in [0.5, 0.6) is 0 Å². The molecule has 1 heterocycles. The first kappa shape index (κ1) is 20.1. The Morgan fingerprint density at radius 2 is 1.69 bits per heavy atom. The number of ether oxygens (including phenoxy) is 2. The summed E-state index contributed by atoms with van der Waals surface area (Å²) in [7, 11) is 0. The average Bonchev–Trinajstić information content (AvgIpc) is 3.15. The van der Waals surface area contributed by atoms with Gasteiger partial charge in [0.1, 0.15) is 5.60 Å². The number of carbonyl (C=O) groups is 2. The quantitative estimate of drug-likeness (QED) is 0.637. The zero-order valence-electron chi connectivity index (χ0n) is 16.3. The van der Waals surface area contributed by atoms with Gasteiger partial charge in [0.2, 0.25) is 5.89 Å². The second kappa shape index (κ2) is 8.55. The third-order valence-corrected chi connectivity index (χ3v) is 3.58. The van der Waals surface area contributed by atoms with Crippen LogP contribution >= 0.6 is 0 Å². The maximum Gasteiger partial charge on any atom is 0.412 e. The van der Waals surface area contributed by atoms with Crippen molar-refractivity contribution in [1.82, 2.24) is 10.2 Å². The smallest absolute Gasteiger partial charge is 0.412 e. The molecule has 29 heavy (non-hydrogen) atoms. The summed E-state index contributed by atoms with van der Waals surface area (Å²) in [6, 6.07) is 15.5. The summed E-state index contributed by atoms with van der Waals surface area (Å²) in [6.45, 7) is 5.18. The molecule has 150 valence electrons. The van der Waals surface area contributed by atoms with E-state index in [2.05, 4.69) is 15.5 Å². The molecule has 0 bridgehead atoms. The topological polar surface area (TPSA) is 104 Å². The zero-order chi connectivity index (χ0) is 20.9. The van der Waals surface area contributed by atoms with Crippen LogP contribution in [0.15, 0.2) is 59.0 Å². The fourth-order valence-corrected chi connectivity index (χ4v) is 2.33. The molecule has 0 aliphatic carbocycles. The van der Waals surface area contributed by atoms with Crippen LogP contribution in [0.1, 0.15) is 37.0 Å². The highest BCUT2D eigenvalue weighted by atomic mass is 16.6. The maximum absolute atomic E-state index is 12.2. The van der Waals surface area contributed by atoms with Crippen LogP contribution in [0.3, 0.4) is 0 Å². The molecule has 0 spiro atoms. The van der Waals surface area contributed by atoms with Gasteiger partial charge in [0.25, 0.3) is 5.89 Å². The molecule has 3 aromatic rings. The highest BCUT2D eigenvalue weighted by Gasteiger charge is 2.17. The third-order valence-electron chi connectivity index (χ3n) is 3.58. The van der Waals surface area contributed by atoms with Crippen LogP contribution in [-0.2, 0) is 16.1 Å². The number of nitrogens with zero attached hydrogens (tertiary/aromatic N) is 2. The molecule has 0 radical (unpaired) electrons. The molecule has 0 atom stereocenters. The number of amides is 1. The number of anilines is 1. The number of hydrogen-bond acceptors (Lipinski definition) is 7. The lowest BCUT2D eigenvalue weighted by atomic mass is 10.2. The minimum Gasteiger partial charge on any atom is -0.452 e. The van der Waals surface area contributed by atoms with Crippen LogP contribution in [0, 0.1) is 0 Å². The van der Waals surface area contributed by atoms with E-state index in [1.54, 1.807) is 32.9 Å². The van der Waals surface area contributed by atoms with Gasteiger partial charge in [-0.15, -0.1) is 10.2 Å². The lowest BCUT2D eigenvalue weighted by Gasteiger charge is -2.19. The SMILES string of the molecule is CC(C)(C)OC(=O)Nc1ccc(C(=O)OCc2nnc(-c3ccccc3)o2)cc1. The van der Waals surface area contributed by atoms with E-state index in [0.717, 1.165) is 5.56 Å². The van der Waals surface area contributed by atoms with E-state index in [1.165, 1.54) is 12.1 Å². The lowest BCUT2D eigenvalue weighted by Crippen LogP contribution is -2.27. The van der Waals surface area contributed by atoms with Gasteiger partial charge in [0.15, 0.2) is 6.61 Å². The summed E-state index contributed by atoms with van der Waals surface area (Å²) < 4.78 is 15.9. The highest BCUT2D eigenvalue weighted by Crippen LogP contribution is 2.18. The average molecular weight is 395 g/mol. The normalized spacial score (nSPS) is 11.0. The Morgan fingerprint density at radius 3 is 2.34 bits per heavy atom. The molecule has 8 nitrogen and oxygen atoms in total. The maximum atomic E-state index is 12.2. The molecule has 2 aromatic carbocycles. The summed E-state index contributed by atoms with van der Waals surface area (Å²) in [6.07, 6.45) is -0.571. The molecule has 8 heteroatoms. The second-order valence-electron chi connectivity index (χ2n) is 7.15. The summed E-state index contributed by atoms with van der Waals surface area (Å²) in [5, 5.41) is 10.4. The van der Waals surface area contributed by atoms with Crippen LogP contribution in [0.25, 0.3) is 11.5 Å². The number of rotatable bonds is 5. The first-order valence-corrected chi connectivity index (χ1v) is 8.95. The Morgan fingerprint density at radius 1 is 1.00 bits per heavy atom. The molecule has 3 rings (SSSR count). The minimum absolute atomic E-state index is 0.142. The van der Waals surface area contributed by atoms with Crippen molar-refractivity contribution in [3.05, 3.63) is 66.1 Å². The molecular weight excluding hydrogens is 374 g/mol. The van der Waals surface area contributed by atoms with Gasteiger partial charge in [-0.05, 0) is 57.2 Å². The second-order valence-corrected chi connectivity index (χ2v) is 7.15. The molecule has 1 aromatic heterocycles. The van der Waals surface area contributed by atoms with Crippen LogP contribution < -0.4 is 5.32 Å². The van der Waals surface area contributed by atoms with Crippen molar-refractivity contribution in [2.75, 3.05) is 5.32 Å². The van der Waals surface area contributed by atoms with Gasteiger partial charge in [0, 0.05) is 11.3 Å². The van der Waals surface area contributed by atoms with Crippen molar-refractivity contribution in [2.24, 2.45) is 0 Å². The molecule has 0 fully saturated rings. The number of nitrogens with one attached hydrogen (secondary N) is 1. The largest absolute Gasteiger partial charge is 0.452 e. The summed E-state index contributed by atoms with van der Waals surface area (Å²) in [5.41, 5.74) is 1.01. The van der Waals surface area contributed by atoms with Gasteiger partial charge in [-0.1, -0.05) is 18.2 Å². The monoisotopic (exact) mass is 395 g/mol. The lowest BCUT2D eigenvalue weighted by molar-refractivity contribution is 0.0438. The van der Waals surface area contributed by atoms with E-state index in [-0.39, 0.29) is 12.5 Å². The van der Waals surface area contributed by atoms with Crippen LogP contribution in [0.2, 0.25) is 0 Å². The van der Waals surface area contributed by atoms with E-state index in [4.69, 9.17) is 13.9 Å². The van der Waals surface area contributed by atoms with Crippen molar-refractivity contribution in [3.8, 4) is 11.5 Å². The van der Waals surface area contributed by atoms with Crippen molar-refractivity contribution in [2.45, 2.75) is 33.0 Å². The predicted octanol–water partition coefficient (Wildman–Crippen LogP) is 4.44. The van der Waals surface area contributed by atoms with Gasteiger partial charge in [0.05, 0.1) is 5.56 Å². The molecule has 0 aliphatic heterocycles. The number of hydrogen-bond donors (Lipinski definition) is 1. The Kier molecular flexibility index (Phi) is 5.92. The van der Waals surface area contributed by atoms with Gasteiger partial charge >= 0.3 is 12.1 Å². The standard InChI is InChI=1S/C21H21N3O5/c1-21(2,3)29-20(26)22-16-11-9-15(10-12-16)19(25)27-13-17-23-24-18(28-17)14-7-5-4-6-8-14/h4-12H,13H2,1-3H3,(H,22,26). The molecule has 1 amide bonds. The van der Waals surface area contributed by atoms with E-state index < -0.39 is 17.7 Å². The van der Waals surface area contributed by atoms with Crippen molar-refractivity contribution in [1.29, 1.82) is 0 Å². The van der Waals surface area contributed by atoms with Crippen molar-refractivity contribution < 1.29 is 23.5 Å². The summed E-state index contributed by atoms with van der Waals surface area (Å²) >= 11 is 0. The summed E-state index contributed by atoms with van der Waals surface area (Å²) in [5.74, 6) is 0.00270. The van der Waals surface area contributed by atoms with E-state index in [0.29, 0.717) is 17.1 Å². The molecule has 0 saturated heterocycles. The van der Waals surface area contributed by atoms with E-state index >= 15 is 0 Å². The van der Waals surface area contributed by atoms with Crippen molar-refractivity contribution in [3.63, 3.8) is 0 Å². The summed E-state index contributed by atoms with van der Waals surface area (Å²) in [4.78, 5) is 24.0. The zero-order valence-corrected chi connectivity index (χ0v) is 16.3. The Bertz CT molecular complexity index is 976. The first-order valence-electron chi connectivity index (χ1n) is 8.95. The van der Waals surface area contributed by atoms with Gasteiger partial charge in [-0.25, -0.2) is 9.59 Å². The van der Waals surface area contributed by atoms with Crippen LogP contribution in [-0.4, -0.2) is 27.9 Å². The van der Waals surface area contributed by atoms with E-state index in [9.17, 15) is 9.59 Å². The van der Waals surface area contributed by atoms with Gasteiger partial charge in [-0.2, -0.15) is 0 Å². The van der Waals surface area contributed by atoms with Crippen molar-refractivity contribution >= 4 is 17.7 Å². The molecule has 1 N–H and O–H groups in total. The minimum atomic E-state index is -0.594. The Labute approximate surface area is 167 Å². The Hall–Kier alpha value is -3.68. The number of esters is 1. The fraction of sp³-hybridized carbons (Fsp3) is 0.238. The fourth-order valence-electron chi connectivity index (χ4n) is 2.33. The third kappa shape index (κ3) is 5.90. The van der Waals surface area contributed by atoms with Crippen LogP contribution in [0.4, 0.5) is 10.5 Å². The highest BCUT2D eigenvalue weighted by molar-refractivity contribution is 5.91. The van der Waals surface area contributed by atoms with Gasteiger partial charge in [-0.3, -0.25) is 5.32 Å².